The average Bonchev–Trinajstić information content (AvgIpc) is 2.30. The number of alkyl halides is 1. The number of aryl methyl sites for hydroxylation is 1. The molecule has 0 bridgehead atoms. The number of halogens is 1. The Balaban J connectivity index is 2.82. The second-order valence-corrected chi connectivity index (χ2v) is 6.44. The van der Waals surface area contributed by atoms with Crippen LogP contribution in [0.3, 0.4) is 0 Å². The molecule has 0 aliphatic carbocycles. The van der Waals surface area contributed by atoms with Gasteiger partial charge in [-0.25, -0.2) is 8.42 Å². The lowest BCUT2D eigenvalue weighted by Gasteiger charge is -2.12. The standard InChI is InChI=1S/C12H18ClNO3S/c1-9-5-6-11(10(2)12(9)15)14-18(16,17)8-4-3-7-13/h5-6,14-15H,3-4,7-8H2,1-2H3. The minimum absolute atomic E-state index is 0.0355. The Hall–Kier alpha value is -0.940. The van der Waals surface area contributed by atoms with E-state index in [1.165, 1.54) is 0 Å². The SMILES string of the molecule is Cc1ccc(NS(=O)(=O)CCCCCl)c(C)c1O. The summed E-state index contributed by atoms with van der Waals surface area (Å²) in [5.41, 5.74) is 1.68. The minimum Gasteiger partial charge on any atom is -0.507 e. The highest BCUT2D eigenvalue weighted by atomic mass is 35.5. The molecule has 4 nitrogen and oxygen atoms in total. The van der Waals surface area contributed by atoms with E-state index in [1.807, 2.05) is 0 Å². The first-order valence-electron chi connectivity index (χ1n) is 5.73. The zero-order valence-corrected chi connectivity index (χ0v) is 12.1. The third-order valence-electron chi connectivity index (χ3n) is 2.69. The summed E-state index contributed by atoms with van der Waals surface area (Å²) in [4.78, 5) is 0. The molecule has 1 aromatic carbocycles. The lowest BCUT2D eigenvalue weighted by Crippen LogP contribution is -2.17. The number of unbranched alkanes of at least 4 members (excludes halogenated alkanes) is 1. The van der Waals surface area contributed by atoms with E-state index in [9.17, 15) is 13.5 Å². The van der Waals surface area contributed by atoms with E-state index < -0.39 is 10.0 Å². The fraction of sp³-hybridized carbons (Fsp3) is 0.500. The Morgan fingerprint density at radius 1 is 1.28 bits per heavy atom. The number of anilines is 1. The monoisotopic (exact) mass is 291 g/mol. The van der Waals surface area contributed by atoms with Gasteiger partial charge in [0.05, 0.1) is 11.4 Å². The van der Waals surface area contributed by atoms with E-state index in [2.05, 4.69) is 4.72 Å². The van der Waals surface area contributed by atoms with Crippen LogP contribution in [-0.4, -0.2) is 25.2 Å². The summed E-state index contributed by atoms with van der Waals surface area (Å²) in [6, 6.07) is 3.34. The number of hydrogen-bond acceptors (Lipinski definition) is 3. The molecule has 0 aliphatic heterocycles. The molecule has 18 heavy (non-hydrogen) atoms. The van der Waals surface area contributed by atoms with Crippen molar-refractivity contribution in [1.82, 2.24) is 0 Å². The second kappa shape index (κ2) is 6.29. The minimum atomic E-state index is -3.38. The van der Waals surface area contributed by atoms with Gasteiger partial charge in [0.1, 0.15) is 5.75 Å². The van der Waals surface area contributed by atoms with Crippen molar-refractivity contribution >= 4 is 27.3 Å². The van der Waals surface area contributed by atoms with Crippen LogP contribution in [0.4, 0.5) is 5.69 Å². The molecule has 0 atom stereocenters. The Kier molecular flexibility index (Phi) is 5.28. The van der Waals surface area contributed by atoms with Crippen LogP contribution in [-0.2, 0) is 10.0 Å². The first-order valence-corrected chi connectivity index (χ1v) is 7.91. The van der Waals surface area contributed by atoms with Gasteiger partial charge in [-0.2, -0.15) is 0 Å². The molecule has 0 radical (unpaired) electrons. The molecule has 102 valence electrons. The average molecular weight is 292 g/mol. The second-order valence-electron chi connectivity index (χ2n) is 4.22. The molecule has 0 unspecified atom stereocenters. The van der Waals surface area contributed by atoms with E-state index in [-0.39, 0.29) is 11.5 Å². The van der Waals surface area contributed by atoms with Gasteiger partial charge in [0.15, 0.2) is 0 Å². The van der Waals surface area contributed by atoms with Crippen LogP contribution < -0.4 is 4.72 Å². The topological polar surface area (TPSA) is 66.4 Å². The summed E-state index contributed by atoms with van der Waals surface area (Å²) < 4.78 is 26.1. The molecule has 6 heteroatoms. The smallest absolute Gasteiger partial charge is 0.232 e. The van der Waals surface area contributed by atoms with Gasteiger partial charge in [0.2, 0.25) is 10.0 Å². The highest BCUT2D eigenvalue weighted by molar-refractivity contribution is 7.92. The predicted molar refractivity (Wildman–Crippen MR) is 74.9 cm³/mol. The third-order valence-corrected chi connectivity index (χ3v) is 4.32. The Bertz CT molecular complexity index is 514. The molecule has 0 saturated carbocycles. The Morgan fingerprint density at radius 2 is 1.94 bits per heavy atom. The molecule has 0 fully saturated rings. The maximum atomic E-state index is 11.8. The van der Waals surface area contributed by atoms with Crippen molar-refractivity contribution in [2.45, 2.75) is 26.7 Å². The molecular formula is C12H18ClNO3S. The molecule has 0 aliphatic rings. The molecule has 0 spiro atoms. The predicted octanol–water partition coefficient (Wildman–Crippen LogP) is 2.77. The number of phenolic OH excluding ortho intramolecular Hbond substituents is 1. The van der Waals surface area contributed by atoms with Crippen LogP contribution >= 0.6 is 11.6 Å². The quantitative estimate of drug-likeness (QED) is 0.625. The molecular weight excluding hydrogens is 274 g/mol. The summed E-state index contributed by atoms with van der Waals surface area (Å²) in [6.45, 7) is 3.44. The van der Waals surface area contributed by atoms with Crippen LogP contribution in [0.2, 0.25) is 0 Å². The molecule has 0 heterocycles. The highest BCUT2D eigenvalue weighted by Crippen LogP contribution is 2.28. The molecule has 0 amide bonds. The van der Waals surface area contributed by atoms with Crippen molar-refractivity contribution in [1.29, 1.82) is 0 Å². The van der Waals surface area contributed by atoms with Crippen molar-refractivity contribution in [3.63, 3.8) is 0 Å². The van der Waals surface area contributed by atoms with Gasteiger partial charge in [-0.3, -0.25) is 4.72 Å². The highest BCUT2D eigenvalue weighted by Gasteiger charge is 2.13. The summed E-state index contributed by atoms with van der Waals surface area (Å²) in [5.74, 6) is 0.615. The molecule has 1 rings (SSSR count). The zero-order valence-electron chi connectivity index (χ0n) is 10.5. The number of rotatable bonds is 6. The van der Waals surface area contributed by atoms with Crippen molar-refractivity contribution in [2.24, 2.45) is 0 Å². The fourth-order valence-corrected chi connectivity index (χ4v) is 2.98. The van der Waals surface area contributed by atoms with E-state index >= 15 is 0 Å². The lowest BCUT2D eigenvalue weighted by atomic mass is 10.1. The van der Waals surface area contributed by atoms with Crippen LogP contribution in [0.25, 0.3) is 0 Å². The number of nitrogens with one attached hydrogen (secondary N) is 1. The van der Waals surface area contributed by atoms with Gasteiger partial charge >= 0.3 is 0 Å². The Morgan fingerprint density at radius 3 is 2.56 bits per heavy atom. The first kappa shape index (κ1) is 15.1. The van der Waals surface area contributed by atoms with Crippen molar-refractivity contribution < 1.29 is 13.5 Å². The molecule has 0 saturated heterocycles. The number of hydrogen-bond donors (Lipinski definition) is 2. The third kappa shape index (κ3) is 4.07. The van der Waals surface area contributed by atoms with Crippen molar-refractivity contribution in [2.75, 3.05) is 16.4 Å². The number of aromatic hydroxyl groups is 1. The maximum absolute atomic E-state index is 11.8. The number of phenols is 1. The van der Waals surface area contributed by atoms with E-state index in [0.717, 1.165) is 5.56 Å². The van der Waals surface area contributed by atoms with Crippen LogP contribution in [0.1, 0.15) is 24.0 Å². The fourth-order valence-electron chi connectivity index (χ4n) is 1.55. The van der Waals surface area contributed by atoms with Gasteiger partial charge in [-0.15, -0.1) is 11.6 Å². The van der Waals surface area contributed by atoms with Gasteiger partial charge in [-0.05, 0) is 38.3 Å². The zero-order chi connectivity index (χ0) is 13.8. The molecule has 2 N–H and O–H groups in total. The summed E-state index contributed by atoms with van der Waals surface area (Å²) >= 11 is 5.51. The van der Waals surface area contributed by atoms with Crippen LogP contribution in [0.15, 0.2) is 12.1 Å². The first-order chi connectivity index (χ1) is 8.37. The molecule has 0 aromatic heterocycles. The van der Waals surface area contributed by atoms with Crippen molar-refractivity contribution in [3.05, 3.63) is 23.3 Å². The van der Waals surface area contributed by atoms with Crippen molar-refractivity contribution in [3.8, 4) is 5.75 Å². The maximum Gasteiger partial charge on any atom is 0.232 e. The van der Waals surface area contributed by atoms with Gasteiger partial charge < -0.3 is 5.11 Å². The van der Waals surface area contributed by atoms with Crippen LogP contribution in [0.5, 0.6) is 5.75 Å². The largest absolute Gasteiger partial charge is 0.507 e. The number of sulfonamides is 1. The van der Waals surface area contributed by atoms with Gasteiger partial charge in [0, 0.05) is 11.4 Å². The van der Waals surface area contributed by atoms with E-state index in [1.54, 1.807) is 26.0 Å². The summed E-state index contributed by atoms with van der Waals surface area (Å²) in [7, 11) is -3.38. The number of benzene rings is 1. The van der Waals surface area contributed by atoms with Crippen LogP contribution in [0, 0.1) is 13.8 Å². The van der Waals surface area contributed by atoms with Gasteiger partial charge in [0.25, 0.3) is 0 Å². The van der Waals surface area contributed by atoms with E-state index in [4.69, 9.17) is 11.6 Å². The van der Waals surface area contributed by atoms with E-state index in [0.29, 0.717) is 30.0 Å². The molecule has 1 aromatic rings. The van der Waals surface area contributed by atoms with Gasteiger partial charge in [-0.1, -0.05) is 6.07 Å². The normalized spacial score (nSPS) is 11.5. The summed E-state index contributed by atoms with van der Waals surface area (Å²) in [5, 5.41) is 9.75. The Labute approximate surface area is 113 Å². The lowest BCUT2D eigenvalue weighted by molar-refractivity contribution is 0.467. The summed E-state index contributed by atoms with van der Waals surface area (Å²) in [6.07, 6.45) is 1.19.